The van der Waals surface area contributed by atoms with Crippen molar-refractivity contribution in [1.29, 1.82) is 0 Å². The van der Waals surface area contributed by atoms with Gasteiger partial charge in [-0.2, -0.15) is 0 Å². The molecule has 3 N–H and O–H groups in total. The van der Waals surface area contributed by atoms with Gasteiger partial charge in [-0.15, -0.1) is 0 Å². The summed E-state index contributed by atoms with van der Waals surface area (Å²) in [6, 6.07) is 7.72. The number of benzene rings is 1. The highest BCUT2D eigenvalue weighted by Crippen LogP contribution is 2.14. The number of carbonyl (C=O) groups is 3. The molecule has 0 fully saturated rings. The Hall–Kier alpha value is -2.94. The van der Waals surface area contributed by atoms with Gasteiger partial charge < -0.3 is 25.2 Å². The molecule has 0 saturated heterocycles. The Bertz CT molecular complexity index is 716. The van der Waals surface area contributed by atoms with Gasteiger partial charge in [-0.05, 0) is 19.4 Å². The number of hydrogen-bond donors (Lipinski definition) is 3. The number of ether oxygens (including phenoxy) is 2. The molecular formula is C17H21N3O6. The fourth-order valence-electron chi connectivity index (χ4n) is 2.27. The highest BCUT2D eigenvalue weighted by molar-refractivity contribution is 6.09. The lowest BCUT2D eigenvalue weighted by Gasteiger charge is -2.33. The van der Waals surface area contributed by atoms with Crippen LogP contribution in [0.3, 0.4) is 0 Å². The van der Waals surface area contributed by atoms with Crippen molar-refractivity contribution < 1.29 is 29.0 Å². The Labute approximate surface area is 150 Å². The number of aliphatic hydroxyl groups is 1. The Kier molecular flexibility index (Phi) is 5.93. The van der Waals surface area contributed by atoms with Gasteiger partial charge in [0.2, 0.25) is 0 Å². The molecule has 1 aliphatic heterocycles. The maximum Gasteiger partial charge on any atom is 0.408 e. The van der Waals surface area contributed by atoms with E-state index in [-0.39, 0.29) is 12.4 Å². The van der Waals surface area contributed by atoms with Gasteiger partial charge in [0.15, 0.2) is 12.1 Å². The molecule has 1 heterocycles. The summed E-state index contributed by atoms with van der Waals surface area (Å²) in [4.78, 5) is 39.6. The van der Waals surface area contributed by atoms with Gasteiger partial charge in [0, 0.05) is 0 Å². The monoisotopic (exact) mass is 363 g/mol. The van der Waals surface area contributed by atoms with Crippen LogP contribution in [-0.4, -0.2) is 53.7 Å². The van der Waals surface area contributed by atoms with Crippen LogP contribution in [-0.2, 0) is 25.7 Å². The Morgan fingerprint density at radius 3 is 2.58 bits per heavy atom. The second-order valence-corrected chi connectivity index (χ2v) is 6.19. The van der Waals surface area contributed by atoms with Crippen molar-refractivity contribution in [2.24, 2.45) is 4.99 Å². The van der Waals surface area contributed by atoms with E-state index in [4.69, 9.17) is 4.74 Å². The summed E-state index contributed by atoms with van der Waals surface area (Å²) in [5, 5.41) is 14.7. The zero-order chi connectivity index (χ0) is 19.3. The van der Waals surface area contributed by atoms with Crippen molar-refractivity contribution in [3.05, 3.63) is 35.9 Å². The summed E-state index contributed by atoms with van der Waals surface area (Å²) in [5.41, 5.74) is -0.340. The fourth-order valence-corrected chi connectivity index (χ4v) is 2.27. The zero-order valence-electron chi connectivity index (χ0n) is 14.7. The van der Waals surface area contributed by atoms with E-state index in [1.165, 1.54) is 0 Å². The van der Waals surface area contributed by atoms with Crippen LogP contribution in [0, 0.1) is 0 Å². The smallest absolute Gasteiger partial charge is 0.408 e. The first-order valence-electron chi connectivity index (χ1n) is 7.88. The van der Waals surface area contributed by atoms with Gasteiger partial charge in [0.05, 0.1) is 12.6 Å². The van der Waals surface area contributed by atoms with Crippen LogP contribution in [0.15, 0.2) is 35.3 Å². The van der Waals surface area contributed by atoms with E-state index in [1.54, 1.807) is 13.8 Å². The minimum Gasteiger partial charge on any atom is -0.467 e. The average Bonchev–Trinajstić information content (AvgIpc) is 2.62. The number of amides is 2. The van der Waals surface area contributed by atoms with Crippen LogP contribution in [0.4, 0.5) is 4.79 Å². The molecule has 9 nitrogen and oxygen atoms in total. The first-order valence-corrected chi connectivity index (χ1v) is 7.88. The van der Waals surface area contributed by atoms with E-state index in [0.717, 1.165) is 12.7 Å². The first kappa shape index (κ1) is 19.4. The van der Waals surface area contributed by atoms with Gasteiger partial charge in [0.25, 0.3) is 5.91 Å². The Morgan fingerprint density at radius 2 is 1.96 bits per heavy atom. The number of esters is 1. The van der Waals surface area contributed by atoms with E-state index in [2.05, 4.69) is 20.4 Å². The van der Waals surface area contributed by atoms with Crippen molar-refractivity contribution in [3.8, 4) is 0 Å². The normalized spacial score (nSPS) is 19.8. The predicted octanol–water partition coefficient (Wildman–Crippen LogP) is 0.122. The number of hydrogen-bond acceptors (Lipinski definition) is 7. The van der Waals surface area contributed by atoms with Crippen molar-refractivity contribution in [1.82, 2.24) is 10.6 Å². The number of carbonyl (C=O) groups excluding carboxylic acids is 3. The van der Waals surface area contributed by atoms with Crippen molar-refractivity contribution in [2.75, 3.05) is 7.11 Å². The van der Waals surface area contributed by atoms with E-state index >= 15 is 0 Å². The standard InChI is InChI=1S/C17H21N3O6/c1-17(2,20-16(24)26-9-10-7-5-4-6-8-10)15-18-11(14(23)25-3)12(21)13(22)19-15/h4-8,11-12,21H,9H2,1-3H3,(H,20,24)(H,18,19,22). The number of nitrogens with zero attached hydrogens (tertiary/aromatic N) is 1. The molecule has 0 radical (unpaired) electrons. The third-order valence-corrected chi connectivity index (χ3v) is 3.74. The molecule has 2 atom stereocenters. The molecule has 140 valence electrons. The topological polar surface area (TPSA) is 126 Å². The molecular weight excluding hydrogens is 342 g/mol. The lowest BCUT2D eigenvalue weighted by atomic mass is 10.00. The van der Waals surface area contributed by atoms with Gasteiger partial charge >= 0.3 is 12.1 Å². The van der Waals surface area contributed by atoms with Crippen LogP contribution in [0.1, 0.15) is 19.4 Å². The number of rotatable bonds is 5. The molecule has 1 aliphatic rings. The largest absolute Gasteiger partial charge is 0.467 e. The minimum atomic E-state index is -1.66. The molecule has 1 aromatic carbocycles. The summed E-state index contributed by atoms with van der Waals surface area (Å²) in [7, 11) is 1.13. The zero-order valence-corrected chi connectivity index (χ0v) is 14.7. The minimum absolute atomic E-state index is 0.0138. The summed E-state index contributed by atoms with van der Waals surface area (Å²) in [6.07, 6.45) is -2.39. The maximum absolute atomic E-state index is 12.1. The number of methoxy groups -OCH3 is 1. The summed E-state index contributed by atoms with van der Waals surface area (Å²) in [5.74, 6) is -1.65. The fraction of sp³-hybridized carbons (Fsp3) is 0.412. The molecule has 0 bridgehead atoms. The lowest BCUT2D eigenvalue weighted by molar-refractivity contribution is -0.149. The summed E-state index contributed by atoms with van der Waals surface area (Å²) >= 11 is 0. The maximum atomic E-state index is 12.1. The molecule has 0 saturated carbocycles. The predicted molar refractivity (Wildman–Crippen MR) is 91.2 cm³/mol. The van der Waals surface area contributed by atoms with Crippen LogP contribution < -0.4 is 10.6 Å². The molecule has 0 aromatic heterocycles. The van der Waals surface area contributed by atoms with Crippen molar-refractivity contribution in [3.63, 3.8) is 0 Å². The number of alkyl carbamates (subject to hydrolysis) is 1. The molecule has 26 heavy (non-hydrogen) atoms. The first-order chi connectivity index (χ1) is 12.2. The second kappa shape index (κ2) is 7.96. The van der Waals surface area contributed by atoms with Crippen LogP contribution >= 0.6 is 0 Å². The number of nitrogens with one attached hydrogen (secondary N) is 2. The van der Waals surface area contributed by atoms with E-state index < -0.39 is 35.7 Å². The van der Waals surface area contributed by atoms with Crippen LogP contribution in [0.25, 0.3) is 0 Å². The van der Waals surface area contributed by atoms with Gasteiger partial charge in [-0.25, -0.2) is 9.59 Å². The third kappa shape index (κ3) is 4.57. The van der Waals surface area contributed by atoms with Crippen molar-refractivity contribution >= 4 is 23.8 Å². The molecule has 2 amide bonds. The lowest BCUT2D eigenvalue weighted by Crippen LogP contribution is -2.62. The number of aliphatic hydroxyl groups excluding tert-OH is 1. The number of amidine groups is 1. The number of aliphatic imine (C=N–C) groups is 1. The van der Waals surface area contributed by atoms with Gasteiger partial charge in [-0.3, -0.25) is 9.79 Å². The Balaban J connectivity index is 2.06. The molecule has 2 rings (SSSR count). The van der Waals surface area contributed by atoms with Crippen LogP contribution in [0.2, 0.25) is 0 Å². The van der Waals surface area contributed by atoms with Gasteiger partial charge in [-0.1, -0.05) is 30.3 Å². The van der Waals surface area contributed by atoms with Crippen LogP contribution in [0.5, 0.6) is 0 Å². The van der Waals surface area contributed by atoms with Gasteiger partial charge in [0.1, 0.15) is 12.4 Å². The third-order valence-electron chi connectivity index (χ3n) is 3.74. The summed E-state index contributed by atoms with van der Waals surface area (Å²) in [6.45, 7) is 3.22. The average molecular weight is 363 g/mol. The van der Waals surface area contributed by atoms with E-state index in [0.29, 0.717) is 0 Å². The molecule has 9 heteroatoms. The SMILES string of the molecule is COC(=O)C1N=C(C(C)(C)NC(=O)OCc2ccccc2)NC(=O)C1O. The van der Waals surface area contributed by atoms with E-state index in [9.17, 15) is 19.5 Å². The molecule has 2 unspecified atom stereocenters. The second-order valence-electron chi connectivity index (χ2n) is 6.19. The Morgan fingerprint density at radius 1 is 1.31 bits per heavy atom. The highest BCUT2D eigenvalue weighted by Gasteiger charge is 2.41. The highest BCUT2D eigenvalue weighted by atomic mass is 16.5. The van der Waals surface area contributed by atoms with E-state index in [1.807, 2.05) is 30.3 Å². The summed E-state index contributed by atoms with van der Waals surface area (Å²) < 4.78 is 9.68. The molecule has 1 aromatic rings. The van der Waals surface area contributed by atoms with Crippen molar-refractivity contribution in [2.45, 2.75) is 38.1 Å². The quantitative estimate of drug-likeness (QED) is 0.638. The molecule has 0 spiro atoms. The molecule has 0 aliphatic carbocycles.